The minimum Gasteiger partial charge on any atom is -0.375 e. The van der Waals surface area contributed by atoms with Crippen molar-refractivity contribution in [3.05, 3.63) is 0 Å². The highest BCUT2D eigenvalue weighted by molar-refractivity contribution is 5.73. The second-order valence-corrected chi connectivity index (χ2v) is 4.16. The molecule has 1 saturated carbocycles. The number of fused-ring (bicyclic) bond motifs is 1. The van der Waals surface area contributed by atoms with Crippen molar-refractivity contribution in [1.82, 2.24) is 4.90 Å². The molecule has 2 N–H and O–H groups in total. The van der Waals surface area contributed by atoms with Gasteiger partial charge in [0.2, 0.25) is 5.91 Å². The Morgan fingerprint density at radius 2 is 2.36 bits per heavy atom. The third-order valence-corrected chi connectivity index (χ3v) is 3.24. The van der Waals surface area contributed by atoms with E-state index in [-0.39, 0.29) is 5.91 Å². The third-order valence-electron chi connectivity index (χ3n) is 3.24. The summed E-state index contributed by atoms with van der Waals surface area (Å²) in [5, 5.41) is 0. The van der Waals surface area contributed by atoms with E-state index in [0.717, 1.165) is 19.7 Å². The van der Waals surface area contributed by atoms with Crippen molar-refractivity contribution in [1.29, 1.82) is 0 Å². The quantitative estimate of drug-likeness (QED) is 0.700. The first kappa shape index (κ1) is 9.93. The number of primary amides is 1. The number of nitrogens with two attached hydrogens (primary N) is 1. The lowest BCUT2D eigenvalue weighted by molar-refractivity contribution is -0.119. The number of hydrogen-bond donors (Lipinski definition) is 1. The molecule has 0 radical (unpaired) electrons. The van der Waals surface area contributed by atoms with E-state index in [1.807, 2.05) is 0 Å². The first-order valence-corrected chi connectivity index (χ1v) is 5.41. The van der Waals surface area contributed by atoms with Crippen LogP contribution in [0, 0.1) is 0 Å². The van der Waals surface area contributed by atoms with Gasteiger partial charge in [-0.3, -0.25) is 9.69 Å². The van der Waals surface area contributed by atoms with E-state index in [4.69, 9.17) is 10.5 Å². The van der Waals surface area contributed by atoms with E-state index in [1.54, 1.807) is 0 Å². The highest BCUT2D eigenvalue weighted by Gasteiger charge is 2.35. The average molecular weight is 198 g/mol. The highest BCUT2D eigenvalue weighted by atomic mass is 16.5. The molecule has 4 heteroatoms. The van der Waals surface area contributed by atoms with Crippen LogP contribution in [0.25, 0.3) is 0 Å². The first-order valence-electron chi connectivity index (χ1n) is 5.41. The molecule has 80 valence electrons. The molecule has 4 nitrogen and oxygen atoms in total. The van der Waals surface area contributed by atoms with Crippen LogP contribution in [0.4, 0.5) is 0 Å². The molecule has 0 aromatic heterocycles. The molecule has 1 aliphatic carbocycles. The van der Waals surface area contributed by atoms with Crippen LogP contribution in [0.3, 0.4) is 0 Å². The van der Waals surface area contributed by atoms with Gasteiger partial charge < -0.3 is 10.5 Å². The fourth-order valence-corrected chi connectivity index (χ4v) is 2.54. The van der Waals surface area contributed by atoms with E-state index in [0.29, 0.717) is 18.6 Å². The van der Waals surface area contributed by atoms with Crippen LogP contribution in [0.1, 0.15) is 25.7 Å². The zero-order valence-corrected chi connectivity index (χ0v) is 8.45. The largest absolute Gasteiger partial charge is 0.375 e. The smallest absolute Gasteiger partial charge is 0.218 e. The molecule has 1 heterocycles. The van der Waals surface area contributed by atoms with Crippen LogP contribution in [0.2, 0.25) is 0 Å². The second-order valence-electron chi connectivity index (χ2n) is 4.16. The van der Waals surface area contributed by atoms with Crippen LogP contribution in [0.5, 0.6) is 0 Å². The maximum Gasteiger partial charge on any atom is 0.218 e. The topological polar surface area (TPSA) is 55.6 Å². The number of rotatable bonds is 3. The van der Waals surface area contributed by atoms with Gasteiger partial charge in [0, 0.05) is 25.6 Å². The van der Waals surface area contributed by atoms with Crippen molar-refractivity contribution in [2.75, 3.05) is 19.7 Å². The molecule has 0 aromatic carbocycles. The number of amides is 1. The molecule has 14 heavy (non-hydrogen) atoms. The maximum atomic E-state index is 10.7. The lowest BCUT2D eigenvalue weighted by Gasteiger charge is -2.37. The molecule has 2 unspecified atom stereocenters. The molecule has 2 aliphatic rings. The normalized spacial score (nSPS) is 32.9. The predicted octanol–water partition coefficient (Wildman–Crippen LogP) is 0.115. The predicted molar refractivity (Wildman–Crippen MR) is 52.8 cm³/mol. The first-order chi connectivity index (χ1) is 6.77. The van der Waals surface area contributed by atoms with Gasteiger partial charge in [0.05, 0.1) is 12.7 Å². The van der Waals surface area contributed by atoms with Crippen LogP contribution >= 0.6 is 0 Å². The standard InChI is InChI=1S/C10H18N2O2/c11-10(13)4-5-12-6-7-14-9-3-1-2-8(9)12/h8-9H,1-7H2,(H2,11,13). The molecule has 2 atom stereocenters. The fourth-order valence-electron chi connectivity index (χ4n) is 2.54. The van der Waals surface area contributed by atoms with Crippen molar-refractivity contribution in [3.8, 4) is 0 Å². The summed E-state index contributed by atoms with van der Waals surface area (Å²) in [6, 6.07) is 0.545. The Labute approximate surface area is 84.4 Å². The Hall–Kier alpha value is -0.610. The summed E-state index contributed by atoms with van der Waals surface area (Å²) in [6.07, 6.45) is 4.53. The Morgan fingerprint density at radius 3 is 3.14 bits per heavy atom. The SMILES string of the molecule is NC(=O)CCN1CCOC2CCCC21. The zero-order valence-electron chi connectivity index (χ0n) is 8.45. The third kappa shape index (κ3) is 2.07. The Kier molecular flexibility index (Phi) is 3.03. The number of nitrogens with zero attached hydrogens (tertiary/aromatic N) is 1. The van der Waals surface area contributed by atoms with Crippen LogP contribution in [-0.2, 0) is 9.53 Å². The van der Waals surface area contributed by atoms with Gasteiger partial charge in [-0.25, -0.2) is 0 Å². The fraction of sp³-hybridized carbons (Fsp3) is 0.900. The maximum absolute atomic E-state index is 10.7. The number of carbonyl (C=O) groups is 1. The van der Waals surface area contributed by atoms with Gasteiger partial charge >= 0.3 is 0 Å². The van der Waals surface area contributed by atoms with Crippen molar-refractivity contribution in [2.45, 2.75) is 37.8 Å². The number of carbonyl (C=O) groups excluding carboxylic acids is 1. The van der Waals surface area contributed by atoms with Gasteiger partial charge in [-0.15, -0.1) is 0 Å². The lowest BCUT2D eigenvalue weighted by atomic mass is 10.1. The van der Waals surface area contributed by atoms with Gasteiger partial charge in [-0.2, -0.15) is 0 Å². The lowest BCUT2D eigenvalue weighted by Crippen LogP contribution is -2.49. The minimum atomic E-state index is -0.203. The van der Waals surface area contributed by atoms with E-state index in [9.17, 15) is 4.79 Å². The van der Waals surface area contributed by atoms with Gasteiger partial charge in [-0.1, -0.05) is 0 Å². The van der Waals surface area contributed by atoms with E-state index in [1.165, 1.54) is 19.3 Å². The minimum absolute atomic E-state index is 0.203. The molecule has 2 rings (SSSR count). The Bertz CT molecular complexity index is 220. The number of morpholine rings is 1. The molecule has 2 fully saturated rings. The summed E-state index contributed by atoms with van der Waals surface area (Å²) in [6.45, 7) is 2.56. The van der Waals surface area contributed by atoms with Crippen molar-refractivity contribution in [3.63, 3.8) is 0 Å². The molecular weight excluding hydrogens is 180 g/mol. The zero-order chi connectivity index (χ0) is 9.97. The van der Waals surface area contributed by atoms with Crippen LogP contribution in [0.15, 0.2) is 0 Å². The molecule has 0 aromatic rings. The molecule has 0 spiro atoms. The number of hydrogen-bond acceptors (Lipinski definition) is 3. The molecule has 1 saturated heterocycles. The Morgan fingerprint density at radius 1 is 1.50 bits per heavy atom. The van der Waals surface area contributed by atoms with Gasteiger partial charge in [0.1, 0.15) is 0 Å². The molecule has 1 aliphatic heterocycles. The average Bonchev–Trinajstić information content (AvgIpc) is 2.62. The van der Waals surface area contributed by atoms with E-state index >= 15 is 0 Å². The molecule has 0 bridgehead atoms. The number of ether oxygens (including phenoxy) is 1. The van der Waals surface area contributed by atoms with Crippen LogP contribution in [-0.4, -0.2) is 42.6 Å². The summed E-state index contributed by atoms with van der Waals surface area (Å²) in [4.78, 5) is 13.1. The van der Waals surface area contributed by atoms with Crippen LogP contribution < -0.4 is 5.73 Å². The molecular formula is C10H18N2O2. The van der Waals surface area contributed by atoms with Gasteiger partial charge in [-0.05, 0) is 19.3 Å². The van der Waals surface area contributed by atoms with E-state index in [2.05, 4.69) is 4.90 Å². The summed E-state index contributed by atoms with van der Waals surface area (Å²) in [5.41, 5.74) is 5.15. The van der Waals surface area contributed by atoms with Crippen molar-refractivity contribution >= 4 is 5.91 Å². The van der Waals surface area contributed by atoms with Gasteiger partial charge in [0.25, 0.3) is 0 Å². The van der Waals surface area contributed by atoms with E-state index < -0.39 is 0 Å². The highest BCUT2D eigenvalue weighted by Crippen LogP contribution is 2.29. The summed E-state index contributed by atoms with van der Waals surface area (Å²) < 4.78 is 5.68. The summed E-state index contributed by atoms with van der Waals surface area (Å²) >= 11 is 0. The second kappa shape index (κ2) is 4.28. The summed E-state index contributed by atoms with van der Waals surface area (Å²) in [5.74, 6) is -0.203. The summed E-state index contributed by atoms with van der Waals surface area (Å²) in [7, 11) is 0. The molecule has 1 amide bonds. The van der Waals surface area contributed by atoms with Gasteiger partial charge in [0.15, 0.2) is 0 Å². The monoisotopic (exact) mass is 198 g/mol. The Balaban J connectivity index is 1.87. The van der Waals surface area contributed by atoms with Crippen molar-refractivity contribution < 1.29 is 9.53 Å². The van der Waals surface area contributed by atoms with Crippen molar-refractivity contribution in [2.24, 2.45) is 5.73 Å².